The number of aromatic nitrogens is 2. The molecule has 0 amide bonds. The highest BCUT2D eigenvalue weighted by molar-refractivity contribution is 6.26. The lowest BCUT2D eigenvalue weighted by Gasteiger charge is -2.17. The Morgan fingerprint density at radius 3 is 2.58 bits per heavy atom. The molecule has 0 bridgehead atoms. The van der Waals surface area contributed by atoms with E-state index in [1.165, 1.54) is 18.0 Å². The molecule has 1 radical (unpaired) electrons. The van der Waals surface area contributed by atoms with Gasteiger partial charge >= 0.3 is 0 Å². The van der Waals surface area contributed by atoms with Gasteiger partial charge in [0.2, 0.25) is 5.78 Å². The van der Waals surface area contributed by atoms with Gasteiger partial charge in [-0.3, -0.25) is 4.79 Å². The molecule has 3 rings (SSSR count). The van der Waals surface area contributed by atoms with Crippen LogP contribution >= 0.6 is 0 Å². The Kier molecular flexibility index (Phi) is 10.7. The average molecular weight is 486 g/mol. The summed E-state index contributed by atoms with van der Waals surface area (Å²) in [4.78, 5) is 13.1. The molecule has 0 aliphatic heterocycles. The Morgan fingerprint density at radius 2 is 2.00 bits per heavy atom. The van der Waals surface area contributed by atoms with Crippen molar-refractivity contribution < 1.29 is 15.3 Å². The summed E-state index contributed by atoms with van der Waals surface area (Å²) in [5, 5.41) is 4.20. The summed E-state index contributed by atoms with van der Waals surface area (Å²) in [7, 11) is 1.40. The van der Waals surface area contributed by atoms with E-state index < -0.39 is 5.78 Å². The molecule has 0 aliphatic carbocycles. The maximum absolute atomic E-state index is 14.9. The molecule has 0 N–H and O–H groups in total. The van der Waals surface area contributed by atoms with Crippen molar-refractivity contribution in [2.24, 2.45) is 0 Å². The van der Waals surface area contributed by atoms with Crippen LogP contribution in [0.3, 0.4) is 0 Å². The highest BCUT2D eigenvalue weighted by atomic mass is 19.1. The first-order valence-corrected chi connectivity index (χ1v) is 12.0. The molecule has 0 saturated carbocycles. The lowest BCUT2D eigenvalue weighted by atomic mass is 9.88. The van der Waals surface area contributed by atoms with Crippen molar-refractivity contribution in [1.82, 2.24) is 9.78 Å². The van der Waals surface area contributed by atoms with Crippen LogP contribution in [0.2, 0.25) is 0 Å². The van der Waals surface area contributed by atoms with Gasteiger partial charge in [0.1, 0.15) is 11.5 Å². The molecule has 0 aliphatic rings. The van der Waals surface area contributed by atoms with Gasteiger partial charge in [0, 0.05) is 12.9 Å². The first-order valence-electron chi connectivity index (χ1n) is 12.0. The molecule has 0 saturated heterocycles. The highest BCUT2D eigenvalue weighted by Gasteiger charge is 2.20. The van der Waals surface area contributed by atoms with Gasteiger partial charge in [-0.1, -0.05) is 58.1 Å². The fraction of sp³-hybridized carbons (Fsp3) is 0.290. The van der Waals surface area contributed by atoms with Gasteiger partial charge in [-0.15, -0.1) is 0 Å². The third-order valence-electron chi connectivity index (χ3n) is 5.53. The molecule has 4 nitrogen and oxygen atoms in total. The summed E-state index contributed by atoms with van der Waals surface area (Å²) in [5.41, 5.74) is 3.43. The van der Waals surface area contributed by atoms with Gasteiger partial charge in [-0.25, -0.2) is 9.07 Å². The summed E-state index contributed by atoms with van der Waals surface area (Å²) in [6.07, 6.45) is 5.20. The van der Waals surface area contributed by atoms with Crippen LogP contribution in [0.5, 0.6) is 0 Å². The van der Waals surface area contributed by atoms with Crippen LogP contribution in [-0.4, -0.2) is 22.7 Å². The minimum atomic E-state index is -0.429. The maximum atomic E-state index is 14.9. The summed E-state index contributed by atoms with van der Waals surface area (Å²) in [5.74, 6) is -0.558. The molecule has 1 heterocycles. The van der Waals surface area contributed by atoms with Gasteiger partial charge in [-0.05, 0) is 73.4 Å². The van der Waals surface area contributed by atoms with Crippen molar-refractivity contribution in [3.63, 3.8) is 0 Å². The third-order valence-corrected chi connectivity index (χ3v) is 5.53. The SMILES string of the molecule is C=C(C(=O)/C(=C\Cc1ccc(C(CCC)C(=C)C)cc1F)OC)c1ccnn1-c1[c]c#cc#c1.CC.[HH]. The van der Waals surface area contributed by atoms with Gasteiger partial charge in [0.15, 0.2) is 5.76 Å². The number of rotatable bonds is 11. The monoisotopic (exact) mass is 485 g/mol. The molecule has 1 aromatic heterocycles. The second kappa shape index (κ2) is 13.7. The molecular formula is C31H34FN2O2. The van der Waals surface area contributed by atoms with Gasteiger partial charge < -0.3 is 4.74 Å². The number of ether oxygens (including phenoxy) is 1. The predicted octanol–water partition coefficient (Wildman–Crippen LogP) is 7.10. The van der Waals surface area contributed by atoms with E-state index in [0.29, 0.717) is 16.9 Å². The lowest BCUT2D eigenvalue weighted by Crippen LogP contribution is -2.11. The molecule has 187 valence electrons. The number of carbonyl (C=O) groups is 1. The summed E-state index contributed by atoms with van der Waals surface area (Å²) in [6, 6.07) is 20.4. The minimum Gasteiger partial charge on any atom is -0.493 e. The van der Waals surface area contributed by atoms with Gasteiger partial charge in [-0.2, -0.15) is 5.10 Å². The molecule has 1 unspecified atom stereocenters. The van der Waals surface area contributed by atoms with E-state index in [1.807, 2.05) is 26.8 Å². The fourth-order valence-corrected chi connectivity index (χ4v) is 3.73. The molecule has 0 fully saturated rings. The highest BCUT2D eigenvalue weighted by Crippen LogP contribution is 2.29. The standard InChI is InChI=1S/C29H26FN2O2.C2H6.H2/c1-6-10-25(20(2)3)23-14-13-22(26(30)19-23)15-16-28(34-5)29(33)21(4)27-17-18-31-32(27)24-11-8-7-9-12-24;1-2;/h13-14,16-19,25H,2,4,6,10,15H2,1,3,5H3;1-2H3;1H/b28-16+;;. The fourth-order valence-electron chi connectivity index (χ4n) is 3.73. The zero-order valence-corrected chi connectivity index (χ0v) is 21.7. The van der Waals surface area contributed by atoms with E-state index in [2.05, 4.69) is 55.5 Å². The molecule has 36 heavy (non-hydrogen) atoms. The second-order valence-corrected chi connectivity index (χ2v) is 7.92. The molecule has 1 atom stereocenters. The second-order valence-electron chi connectivity index (χ2n) is 7.92. The zero-order valence-electron chi connectivity index (χ0n) is 21.7. The van der Waals surface area contributed by atoms with Crippen molar-refractivity contribution in [3.8, 4) is 5.69 Å². The Morgan fingerprint density at radius 1 is 1.25 bits per heavy atom. The number of ketones is 1. The minimum absolute atomic E-state index is 0. The van der Waals surface area contributed by atoms with E-state index in [0.717, 1.165) is 24.0 Å². The van der Waals surface area contributed by atoms with Crippen LogP contribution in [-0.2, 0) is 16.0 Å². The van der Waals surface area contributed by atoms with Crippen LogP contribution in [0.4, 0.5) is 4.39 Å². The van der Waals surface area contributed by atoms with Crippen molar-refractivity contribution in [1.29, 1.82) is 0 Å². The van der Waals surface area contributed by atoms with E-state index in [-0.39, 0.29) is 30.9 Å². The van der Waals surface area contributed by atoms with Crippen LogP contribution in [0.15, 0.2) is 61.0 Å². The Hall–Kier alpha value is -4.09. The number of hydrogen-bond acceptors (Lipinski definition) is 3. The number of Topliss-reactive ketones (excluding diaryl/α,β-unsaturated/α-hetero) is 1. The van der Waals surface area contributed by atoms with Gasteiger partial charge in [0.25, 0.3) is 0 Å². The summed E-state index contributed by atoms with van der Waals surface area (Å²) >= 11 is 0. The molecule has 5 heteroatoms. The molecular weight excluding hydrogens is 451 g/mol. The van der Waals surface area contributed by atoms with Crippen molar-refractivity contribution in [2.75, 3.05) is 7.11 Å². The van der Waals surface area contributed by atoms with E-state index in [1.54, 1.807) is 24.3 Å². The predicted molar refractivity (Wildman–Crippen MR) is 143 cm³/mol. The quantitative estimate of drug-likeness (QED) is 0.165. The Labute approximate surface area is 216 Å². The number of allylic oxidation sites excluding steroid dienone is 3. The number of carbonyl (C=O) groups excluding carboxylic acids is 1. The first-order chi connectivity index (χ1) is 17.4. The molecule has 3 aromatic rings. The molecule has 0 spiro atoms. The van der Waals surface area contributed by atoms with E-state index >= 15 is 0 Å². The Bertz CT molecular complexity index is 1210. The number of methoxy groups -OCH3 is 1. The van der Waals surface area contributed by atoms with Crippen molar-refractivity contribution in [3.05, 3.63) is 114 Å². The van der Waals surface area contributed by atoms with Crippen LogP contribution in [0.25, 0.3) is 11.3 Å². The number of hydrogen-bond donors (Lipinski definition) is 0. The zero-order chi connectivity index (χ0) is 26.7. The molecule has 2 aromatic carbocycles. The number of nitrogens with zero attached hydrogens (tertiary/aromatic N) is 2. The van der Waals surface area contributed by atoms with E-state index in [9.17, 15) is 9.18 Å². The Balaban J connectivity index is 0.00000223. The van der Waals surface area contributed by atoms with Crippen molar-refractivity contribution >= 4 is 11.4 Å². The van der Waals surface area contributed by atoms with Gasteiger partial charge in [0.05, 0.1) is 25.1 Å². The number of halogens is 1. The van der Waals surface area contributed by atoms with Crippen LogP contribution in [0.1, 0.15) is 64.7 Å². The van der Waals surface area contributed by atoms with Crippen LogP contribution < -0.4 is 0 Å². The smallest absolute Gasteiger partial charge is 0.228 e. The van der Waals surface area contributed by atoms with Crippen molar-refractivity contribution in [2.45, 2.75) is 52.9 Å². The summed E-state index contributed by atoms with van der Waals surface area (Å²) < 4.78 is 21.6. The normalized spacial score (nSPS) is 11.3. The summed E-state index contributed by atoms with van der Waals surface area (Å²) in [6.45, 7) is 16.0. The average Bonchev–Trinajstić information content (AvgIpc) is 3.39. The third kappa shape index (κ3) is 6.74. The number of benzene rings is 1. The largest absolute Gasteiger partial charge is 0.493 e. The maximum Gasteiger partial charge on any atom is 0.228 e. The lowest BCUT2D eigenvalue weighted by molar-refractivity contribution is -0.113. The first kappa shape index (κ1) is 28.1. The van der Waals surface area contributed by atoms with E-state index in [4.69, 9.17) is 4.74 Å². The topological polar surface area (TPSA) is 44.1 Å². The van der Waals surface area contributed by atoms with Crippen LogP contribution in [0, 0.1) is 36.1 Å².